The first kappa shape index (κ1) is 29.0. The molecule has 1 aliphatic rings. The van der Waals surface area contributed by atoms with Crippen molar-refractivity contribution in [3.63, 3.8) is 0 Å². The van der Waals surface area contributed by atoms with Gasteiger partial charge in [0.2, 0.25) is 7.85 Å². The number of hydrogen-bond donors (Lipinski definition) is 2. The van der Waals surface area contributed by atoms with E-state index in [-0.39, 0.29) is 16.5 Å². The van der Waals surface area contributed by atoms with E-state index >= 15 is 0 Å². The van der Waals surface area contributed by atoms with E-state index in [1.165, 1.54) is 5.97 Å². The van der Waals surface area contributed by atoms with Crippen molar-refractivity contribution < 1.29 is 9.72 Å². The van der Waals surface area contributed by atoms with Crippen LogP contribution in [-0.2, 0) is 6.54 Å². The molecule has 2 heterocycles. The summed E-state index contributed by atoms with van der Waals surface area (Å²) in [4.78, 5) is 33.0. The van der Waals surface area contributed by atoms with Crippen molar-refractivity contribution in [2.24, 2.45) is 0 Å². The van der Waals surface area contributed by atoms with Gasteiger partial charge in [-0.05, 0) is 67.3 Å². The molecule has 0 saturated carbocycles. The molecule has 0 bridgehead atoms. The Hall–Kier alpha value is -4.95. The van der Waals surface area contributed by atoms with E-state index in [1.54, 1.807) is 24.3 Å². The molecule has 1 saturated heterocycles. The van der Waals surface area contributed by atoms with Gasteiger partial charge in [0.15, 0.2) is 0 Å². The van der Waals surface area contributed by atoms with Crippen LogP contribution in [0.4, 0.5) is 22.7 Å². The van der Waals surface area contributed by atoms with Crippen LogP contribution in [0.5, 0.6) is 0 Å². The molecular weight excluding hydrogens is 517 g/mol. The lowest BCUT2D eigenvalue weighted by molar-refractivity contribution is -0.384. The zero-order valence-corrected chi connectivity index (χ0v) is 23.0. The van der Waals surface area contributed by atoms with Crippen molar-refractivity contribution in [1.29, 1.82) is 5.26 Å². The fourth-order valence-corrected chi connectivity index (χ4v) is 4.86. The van der Waals surface area contributed by atoms with E-state index in [2.05, 4.69) is 27.9 Å². The fourth-order valence-electron chi connectivity index (χ4n) is 4.86. The molecule has 11 heteroatoms. The van der Waals surface area contributed by atoms with Crippen molar-refractivity contribution in [3.8, 4) is 5.97 Å². The number of aromatic nitrogens is 1. The number of hydrogen-bond acceptors (Lipinski definition) is 8. The Kier molecular flexibility index (Phi) is 9.17. The Morgan fingerprint density at radius 2 is 1.76 bits per heavy atom. The van der Waals surface area contributed by atoms with Crippen molar-refractivity contribution >= 4 is 47.4 Å². The van der Waals surface area contributed by atoms with Crippen LogP contribution < -0.4 is 16.0 Å². The summed E-state index contributed by atoms with van der Waals surface area (Å²) in [6.07, 6.45) is 0. The highest BCUT2D eigenvalue weighted by molar-refractivity contribution is 6.20. The molecule has 41 heavy (non-hydrogen) atoms. The number of nitriles is 1. The first-order valence-corrected chi connectivity index (χ1v) is 13.1. The zero-order chi connectivity index (χ0) is 29.5. The third-order valence-electron chi connectivity index (χ3n) is 7.23. The number of nitrogens with zero attached hydrogens (tertiary/aromatic N) is 5. The largest absolute Gasteiger partial charge is 0.398 e. The van der Waals surface area contributed by atoms with E-state index in [1.807, 2.05) is 56.3 Å². The number of rotatable bonds is 6. The molecule has 0 spiro atoms. The normalized spacial score (nSPS) is 13.1. The van der Waals surface area contributed by atoms with Crippen molar-refractivity contribution in [1.82, 2.24) is 9.88 Å². The summed E-state index contributed by atoms with van der Waals surface area (Å²) in [6, 6.07) is 19.9. The van der Waals surface area contributed by atoms with Gasteiger partial charge < -0.3 is 16.0 Å². The van der Waals surface area contributed by atoms with Crippen molar-refractivity contribution in [2.45, 2.75) is 20.4 Å². The molecule has 1 amide bonds. The lowest BCUT2D eigenvalue weighted by Gasteiger charge is -2.36. The molecule has 10 nitrogen and oxygen atoms in total. The number of non-ortho nitro benzene ring substituents is 1. The van der Waals surface area contributed by atoms with Gasteiger partial charge in [-0.2, -0.15) is 0 Å². The molecule has 0 aliphatic carbocycles. The van der Waals surface area contributed by atoms with E-state index < -0.39 is 0 Å². The van der Waals surface area contributed by atoms with Crippen molar-refractivity contribution in [2.75, 3.05) is 42.1 Å². The zero-order valence-electron chi connectivity index (χ0n) is 23.0. The van der Waals surface area contributed by atoms with Gasteiger partial charge in [-0.3, -0.25) is 24.8 Å². The number of amides is 1. The number of nitro benzene ring substituents is 1. The number of pyridine rings is 1. The number of nitrogens with one attached hydrogen (secondary N) is 1. The topological polar surface area (TPSA) is 141 Å². The quantitative estimate of drug-likeness (QED) is 0.203. The maximum atomic E-state index is 13.3. The van der Waals surface area contributed by atoms with Crippen LogP contribution in [0.15, 0.2) is 66.7 Å². The Morgan fingerprint density at radius 3 is 2.41 bits per heavy atom. The second-order valence-electron chi connectivity index (χ2n) is 9.74. The lowest BCUT2D eigenvalue weighted by Crippen LogP contribution is -2.46. The second-order valence-corrected chi connectivity index (χ2v) is 9.74. The van der Waals surface area contributed by atoms with Crippen LogP contribution in [0.3, 0.4) is 0 Å². The number of carbonyl (C=O) groups is 1. The minimum Gasteiger partial charge on any atom is -0.398 e. The number of piperazine rings is 1. The Balaban J connectivity index is 0.00000124. The summed E-state index contributed by atoms with van der Waals surface area (Å²) in [5.74, 6) is 1.08. The minimum absolute atomic E-state index is 0.0938. The number of nitrogen functional groups attached to an aromatic ring is 1. The van der Waals surface area contributed by atoms with Crippen LogP contribution >= 0.6 is 0 Å². The van der Waals surface area contributed by atoms with Crippen LogP contribution in [0.2, 0.25) is 0 Å². The maximum Gasteiger partial charge on any atom is 0.269 e. The molecule has 1 fully saturated rings. The first-order chi connectivity index (χ1) is 19.7. The summed E-state index contributed by atoms with van der Waals surface area (Å²) in [7, 11) is 4.15. The molecular formula is C30H30BN7O3. The monoisotopic (exact) mass is 547 g/mol. The Morgan fingerprint density at radius 1 is 1.10 bits per heavy atom. The predicted molar refractivity (Wildman–Crippen MR) is 162 cm³/mol. The molecule has 1 aromatic heterocycles. The van der Waals surface area contributed by atoms with Crippen LogP contribution in [0.25, 0.3) is 10.9 Å². The van der Waals surface area contributed by atoms with Crippen molar-refractivity contribution in [3.05, 3.63) is 99.2 Å². The molecule has 0 unspecified atom stereocenters. The predicted octanol–water partition coefficient (Wildman–Crippen LogP) is 4.55. The van der Waals surface area contributed by atoms with Crippen LogP contribution in [0.1, 0.15) is 27.2 Å². The second kappa shape index (κ2) is 12.9. The number of fused-ring (bicyclic) bond motifs is 1. The number of nitro groups is 1. The number of aryl methyl sites for hydroxylation is 1. The number of benzene rings is 3. The summed E-state index contributed by atoms with van der Waals surface area (Å²) in [5, 5.41) is 21.9. The number of anilines is 3. The summed E-state index contributed by atoms with van der Waals surface area (Å²) in [5.41, 5.74) is 13.0. The van der Waals surface area contributed by atoms with Gasteiger partial charge in [-0.1, -0.05) is 18.2 Å². The lowest BCUT2D eigenvalue weighted by atomic mass is 10.0. The fraction of sp³-hybridized carbons (Fsp3) is 0.233. The highest BCUT2D eigenvalue weighted by Gasteiger charge is 2.20. The molecule has 0 atom stereocenters. The number of carbonyl (C=O) groups excluding carboxylic acids is 1. The number of nitrogens with two attached hydrogens (primary N) is 1. The third kappa shape index (κ3) is 6.80. The SMILES string of the molecule is Cc1nc2ccc(NC(=O)c3ccccc3CN3CCN(c4ccc([N+](=O)[O-])cc4)CC3)cc2c(N)c1C.[B]C#N. The maximum absolute atomic E-state index is 13.3. The van der Waals surface area contributed by atoms with Crippen LogP contribution in [0, 0.1) is 35.2 Å². The molecule has 3 N–H and O–H groups in total. The molecule has 3 aromatic carbocycles. The van der Waals surface area contributed by atoms with E-state index in [0.29, 0.717) is 23.5 Å². The van der Waals surface area contributed by atoms with Gasteiger partial charge in [-0.25, -0.2) is 5.26 Å². The van der Waals surface area contributed by atoms with Gasteiger partial charge in [0, 0.05) is 78.6 Å². The molecule has 5 rings (SSSR count). The highest BCUT2D eigenvalue weighted by atomic mass is 16.6. The van der Waals surface area contributed by atoms with Crippen LogP contribution in [-0.4, -0.2) is 54.7 Å². The van der Waals surface area contributed by atoms with Gasteiger partial charge in [0.25, 0.3) is 11.6 Å². The molecule has 1 aliphatic heterocycles. The van der Waals surface area contributed by atoms with E-state index in [9.17, 15) is 14.9 Å². The molecule has 4 aromatic rings. The minimum atomic E-state index is -0.385. The van der Waals surface area contributed by atoms with E-state index in [4.69, 9.17) is 11.0 Å². The first-order valence-electron chi connectivity index (χ1n) is 13.1. The van der Waals surface area contributed by atoms with Gasteiger partial charge >= 0.3 is 0 Å². The molecule has 206 valence electrons. The van der Waals surface area contributed by atoms with Gasteiger partial charge in [-0.15, -0.1) is 0 Å². The summed E-state index contributed by atoms with van der Waals surface area (Å²) in [6.45, 7) is 7.79. The van der Waals surface area contributed by atoms with Gasteiger partial charge in [0.05, 0.1) is 10.4 Å². The summed E-state index contributed by atoms with van der Waals surface area (Å²) >= 11 is 0. The highest BCUT2D eigenvalue weighted by Crippen LogP contribution is 2.28. The average Bonchev–Trinajstić information content (AvgIpc) is 2.97. The standard InChI is InChI=1S/C29H30N6O3.CBN/c1-19-20(2)31-27-12-7-22(17-26(27)28(19)30)32-29(36)25-6-4-3-5-21(25)18-33-13-15-34(16-14-33)23-8-10-24(11-9-23)35(37)38;2-1-3/h3-12,17H,13-16,18H2,1-2H3,(H2,30,31)(H,32,36);. The smallest absolute Gasteiger partial charge is 0.269 e. The Bertz CT molecular complexity index is 1610. The summed E-state index contributed by atoms with van der Waals surface area (Å²) < 4.78 is 0. The average molecular weight is 547 g/mol. The molecule has 2 radical (unpaired) electrons. The van der Waals surface area contributed by atoms with Gasteiger partial charge in [0.1, 0.15) is 0 Å². The Labute approximate surface area is 239 Å². The third-order valence-corrected chi connectivity index (χ3v) is 7.23. The van der Waals surface area contributed by atoms with E-state index in [0.717, 1.165) is 59.6 Å².